The molecule has 2 atom stereocenters. The first kappa shape index (κ1) is 17.0. The summed E-state index contributed by atoms with van der Waals surface area (Å²) in [5.74, 6) is -7.87. The fourth-order valence-corrected chi connectivity index (χ4v) is 2.62. The predicted octanol–water partition coefficient (Wildman–Crippen LogP) is 3.64. The standard InChI is InChI=1S/C16H13F4NO2/c1-16(2)9(4-3-5-21)12(16)15(22)23-7-8-13(19)10(17)6-11(18)14(8)20/h3-4,6,9,12H,7H2,1-2H3/b4-3-. The van der Waals surface area contributed by atoms with Gasteiger partial charge in [-0.3, -0.25) is 4.79 Å². The molecule has 0 radical (unpaired) electrons. The molecule has 3 nitrogen and oxygen atoms in total. The van der Waals surface area contributed by atoms with Crippen LogP contribution < -0.4 is 0 Å². The minimum atomic E-state index is -1.59. The highest BCUT2D eigenvalue weighted by molar-refractivity contribution is 5.78. The number of esters is 1. The summed E-state index contributed by atoms with van der Waals surface area (Å²) in [5.41, 5.74) is -1.44. The van der Waals surface area contributed by atoms with Gasteiger partial charge in [0, 0.05) is 12.1 Å². The first-order valence-corrected chi connectivity index (χ1v) is 6.76. The van der Waals surface area contributed by atoms with Crippen LogP contribution in [0.15, 0.2) is 18.2 Å². The Hall–Kier alpha value is -2.36. The van der Waals surface area contributed by atoms with Gasteiger partial charge < -0.3 is 4.74 Å². The molecule has 1 aliphatic rings. The molecule has 2 unspecified atom stereocenters. The van der Waals surface area contributed by atoms with E-state index >= 15 is 0 Å². The second kappa shape index (κ2) is 6.03. The molecular formula is C16H13F4NO2. The molecule has 1 fully saturated rings. The Kier molecular flexibility index (Phi) is 4.46. The van der Waals surface area contributed by atoms with Gasteiger partial charge in [0.15, 0.2) is 23.3 Å². The van der Waals surface area contributed by atoms with Gasteiger partial charge >= 0.3 is 5.97 Å². The zero-order valence-corrected chi connectivity index (χ0v) is 12.4. The number of hydrogen-bond acceptors (Lipinski definition) is 3. The highest BCUT2D eigenvalue weighted by Gasteiger charge is 2.61. The lowest BCUT2D eigenvalue weighted by Crippen LogP contribution is -2.13. The molecule has 2 rings (SSSR count). The summed E-state index contributed by atoms with van der Waals surface area (Å²) in [6.07, 6.45) is 2.79. The summed E-state index contributed by atoms with van der Waals surface area (Å²) in [7, 11) is 0. The number of benzene rings is 1. The number of allylic oxidation sites excluding steroid dienone is 2. The number of hydrogen-bond donors (Lipinski definition) is 0. The summed E-state index contributed by atoms with van der Waals surface area (Å²) in [6, 6.07) is 1.89. The molecule has 0 aliphatic heterocycles. The Morgan fingerprint density at radius 2 is 1.87 bits per heavy atom. The van der Waals surface area contributed by atoms with Crippen molar-refractivity contribution in [3.63, 3.8) is 0 Å². The van der Waals surface area contributed by atoms with E-state index < -0.39 is 52.7 Å². The van der Waals surface area contributed by atoms with Crippen LogP contribution in [0.4, 0.5) is 17.6 Å². The molecular weight excluding hydrogens is 314 g/mol. The Balaban J connectivity index is 2.10. The highest BCUT2D eigenvalue weighted by Crippen LogP contribution is 2.59. The molecule has 1 aromatic carbocycles. The van der Waals surface area contributed by atoms with Crippen LogP contribution in [0.5, 0.6) is 0 Å². The van der Waals surface area contributed by atoms with Crippen LogP contribution in [-0.2, 0) is 16.1 Å². The fraction of sp³-hybridized carbons (Fsp3) is 0.375. The first-order chi connectivity index (χ1) is 10.7. The van der Waals surface area contributed by atoms with E-state index in [-0.39, 0.29) is 12.0 Å². The van der Waals surface area contributed by atoms with Crippen molar-refractivity contribution in [3.05, 3.63) is 47.1 Å². The molecule has 122 valence electrons. The molecule has 1 saturated carbocycles. The van der Waals surface area contributed by atoms with Gasteiger partial charge in [-0.2, -0.15) is 5.26 Å². The number of nitrogens with zero attached hydrogens (tertiary/aromatic N) is 1. The van der Waals surface area contributed by atoms with Gasteiger partial charge in [0.1, 0.15) is 6.61 Å². The maximum atomic E-state index is 13.5. The first-order valence-electron chi connectivity index (χ1n) is 6.76. The van der Waals surface area contributed by atoms with Gasteiger partial charge in [-0.15, -0.1) is 0 Å². The molecule has 0 heterocycles. The van der Waals surface area contributed by atoms with Gasteiger partial charge in [-0.1, -0.05) is 19.9 Å². The smallest absolute Gasteiger partial charge is 0.310 e. The predicted molar refractivity (Wildman–Crippen MR) is 71.6 cm³/mol. The number of nitriles is 1. The molecule has 1 aromatic rings. The Labute approximate surface area is 130 Å². The van der Waals surface area contributed by atoms with E-state index in [0.717, 1.165) is 0 Å². The number of rotatable bonds is 4. The van der Waals surface area contributed by atoms with Crippen LogP contribution in [0.3, 0.4) is 0 Å². The van der Waals surface area contributed by atoms with Crippen molar-refractivity contribution in [1.29, 1.82) is 5.26 Å². The Morgan fingerprint density at radius 3 is 2.39 bits per heavy atom. The maximum absolute atomic E-state index is 13.5. The lowest BCUT2D eigenvalue weighted by atomic mass is 10.1. The summed E-state index contributed by atoms with van der Waals surface area (Å²) in [6.45, 7) is 2.63. The third kappa shape index (κ3) is 3.07. The number of halogens is 4. The quantitative estimate of drug-likeness (QED) is 0.367. The van der Waals surface area contributed by atoms with E-state index in [1.165, 1.54) is 6.08 Å². The van der Waals surface area contributed by atoms with Crippen LogP contribution in [0.1, 0.15) is 19.4 Å². The SMILES string of the molecule is CC1(C)C(/C=C\C#N)C1C(=O)OCc1c(F)c(F)cc(F)c1F. The summed E-state index contributed by atoms with van der Waals surface area (Å²) >= 11 is 0. The third-order valence-corrected chi connectivity index (χ3v) is 4.10. The highest BCUT2D eigenvalue weighted by atomic mass is 19.2. The van der Waals surface area contributed by atoms with Gasteiger partial charge in [-0.05, 0) is 11.3 Å². The minimum absolute atomic E-state index is 0.0860. The normalized spacial score (nSPS) is 22.0. The van der Waals surface area contributed by atoms with Crippen LogP contribution in [-0.4, -0.2) is 5.97 Å². The minimum Gasteiger partial charge on any atom is -0.460 e. The van der Waals surface area contributed by atoms with Gasteiger partial charge in [0.25, 0.3) is 0 Å². The lowest BCUT2D eigenvalue weighted by Gasteiger charge is -2.09. The number of carbonyl (C=O) groups excluding carboxylic acids is 1. The van der Waals surface area contributed by atoms with Crippen LogP contribution in [0.2, 0.25) is 0 Å². The van der Waals surface area contributed by atoms with E-state index in [1.54, 1.807) is 26.0 Å². The fourth-order valence-electron chi connectivity index (χ4n) is 2.62. The van der Waals surface area contributed by atoms with Crippen molar-refractivity contribution in [3.8, 4) is 6.07 Å². The topological polar surface area (TPSA) is 50.1 Å². The molecule has 0 bridgehead atoms. The zero-order chi connectivity index (χ0) is 17.4. The van der Waals surface area contributed by atoms with E-state index in [0.29, 0.717) is 0 Å². The second-order valence-corrected chi connectivity index (χ2v) is 5.87. The molecule has 0 N–H and O–H groups in total. The second-order valence-electron chi connectivity index (χ2n) is 5.87. The molecule has 1 aliphatic carbocycles. The van der Waals surface area contributed by atoms with Crippen molar-refractivity contribution in [2.24, 2.45) is 17.3 Å². The third-order valence-electron chi connectivity index (χ3n) is 4.10. The van der Waals surface area contributed by atoms with E-state index in [4.69, 9.17) is 10.00 Å². The van der Waals surface area contributed by atoms with E-state index in [9.17, 15) is 22.4 Å². The molecule has 0 spiro atoms. The average molecular weight is 327 g/mol. The van der Waals surface area contributed by atoms with Crippen LogP contribution >= 0.6 is 0 Å². The lowest BCUT2D eigenvalue weighted by molar-refractivity contribution is -0.147. The van der Waals surface area contributed by atoms with E-state index in [2.05, 4.69) is 0 Å². The monoisotopic (exact) mass is 327 g/mol. The van der Waals surface area contributed by atoms with Crippen molar-refractivity contribution in [1.82, 2.24) is 0 Å². The molecule has 23 heavy (non-hydrogen) atoms. The van der Waals surface area contributed by atoms with Gasteiger partial charge in [-0.25, -0.2) is 17.6 Å². The van der Waals surface area contributed by atoms with Crippen molar-refractivity contribution in [2.75, 3.05) is 0 Å². The average Bonchev–Trinajstić information content (AvgIpc) is 3.04. The molecule has 0 aromatic heterocycles. The molecule has 0 saturated heterocycles. The van der Waals surface area contributed by atoms with Crippen molar-refractivity contribution < 1.29 is 27.1 Å². The Morgan fingerprint density at radius 1 is 1.30 bits per heavy atom. The van der Waals surface area contributed by atoms with Gasteiger partial charge in [0.2, 0.25) is 0 Å². The number of ether oxygens (including phenoxy) is 1. The van der Waals surface area contributed by atoms with Crippen LogP contribution in [0.25, 0.3) is 0 Å². The maximum Gasteiger partial charge on any atom is 0.310 e. The van der Waals surface area contributed by atoms with E-state index in [1.807, 2.05) is 0 Å². The number of carbonyl (C=O) groups is 1. The van der Waals surface area contributed by atoms with Crippen LogP contribution in [0, 0.1) is 51.9 Å². The van der Waals surface area contributed by atoms with Gasteiger partial charge in [0.05, 0.1) is 17.6 Å². The zero-order valence-electron chi connectivity index (χ0n) is 12.4. The Bertz CT molecular complexity index is 696. The summed E-state index contributed by atoms with van der Waals surface area (Å²) < 4.78 is 57.9. The molecule has 0 amide bonds. The summed E-state index contributed by atoms with van der Waals surface area (Å²) in [5, 5.41) is 8.50. The molecule has 7 heteroatoms. The largest absolute Gasteiger partial charge is 0.460 e. The van der Waals surface area contributed by atoms with Crippen molar-refractivity contribution in [2.45, 2.75) is 20.5 Å². The summed E-state index contributed by atoms with van der Waals surface area (Å²) in [4.78, 5) is 12.0. The van der Waals surface area contributed by atoms with Crippen molar-refractivity contribution >= 4 is 5.97 Å².